The lowest BCUT2D eigenvalue weighted by Crippen LogP contribution is -2.31. The van der Waals surface area contributed by atoms with Crippen LogP contribution in [0.25, 0.3) is 0 Å². The second kappa shape index (κ2) is 7.45. The Kier molecular flexibility index (Phi) is 5.60. The molecule has 1 aliphatic rings. The van der Waals surface area contributed by atoms with Crippen LogP contribution in [0.2, 0.25) is 0 Å². The van der Waals surface area contributed by atoms with Crippen LogP contribution in [-0.4, -0.2) is 29.7 Å². The maximum Gasteiger partial charge on any atom is 0.339 e. The molecule has 1 heterocycles. The van der Waals surface area contributed by atoms with Crippen molar-refractivity contribution in [3.05, 3.63) is 23.2 Å². The van der Waals surface area contributed by atoms with Gasteiger partial charge in [-0.1, -0.05) is 19.8 Å². The molecule has 6 heteroatoms. The fourth-order valence-electron chi connectivity index (χ4n) is 2.80. The first-order chi connectivity index (χ1) is 10.5. The van der Waals surface area contributed by atoms with E-state index in [1.165, 1.54) is 12.5 Å². The second-order valence-electron chi connectivity index (χ2n) is 5.97. The minimum atomic E-state index is -1.03. The molecule has 22 heavy (non-hydrogen) atoms. The van der Waals surface area contributed by atoms with Gasteiger partial charge >= 0.3 is 5.97 Å². The van der Waals surface area contributed by atoms with Gasteiger partial charge in [0.15, 0.2) is 0 Å². The number of aromatic carboxylic acids is 1. The van der Waals surface area contributed by atoms with E-state index in [1.54, 1.807) is 6.92 Å². The molecule has 2 atom stereocenters. The number of aryl methyl sites for hydroxylation is 1. The van der Waals surface area contributed by atoms with E-state index < -0.39 is 5.97 Å². The molecule has 0 saturated heterocycles. The fourth-order valence-corrected chi connectivity index (χ4v) is 2.80. The molecule has 1 amide bonds. The number of carboxylic acids is 1. The monoisotopic (exact) mass is 309 g/mol. The van der Waals surface area contributed by atoms with Crippen molar-refractivity contribution >= 4 is 11.9 Å². The molecule has 2 rings (SSSR count). The first kappa shape index (κ1) is 16.5. The number of hydrogen-bond donors (Lipinski definition) is 2. The quantitative estimate of drug-likeness (QED) is 0.843. The van der Waals surface area contributed by atoms with Gasteiger partial charge in [-0.15, -0.1) is 0 Å². The molecule has 1 aromatic rings. The summed E-state index contributed by atoms with van der Waals surface area (Å²) in [7, 11) is 0. The van der Waals surface area contributed by atoms with Crippen molar-refractivity contribution in [3.8, 4) is 0 Å². The van der Waals surface area contributed by atoms with Crippen molar-refractivity contribution in [1.29, 1.82) is 0 Å². The van der Waals surface area contributed by atoms with Gasteiger partial charge in [-0.05, 0) is 31.7 Å². The molecule has 0 aromatic carbocycles. The van der Waals surface area contributed by atoms with Crippen LogP contribution >= 0.6 is 0 Å². The summed E-state index contributed by atoms with van der Waals surface area (Å²) >= 11 is 0. The van der Waals surface area contributed by atoms with E-state index in [1.807, 2.05) is 0 Å². The van der Waals surface area contributed by atoms with Crippen molar-refractivity contribution in [3.63, 3.8) is 0 Å². The number of carbonyl (C=O) groups excluding carboxylic acids is 1. The third kappa shape index (κ3) is 4.59. The molecule has 6 nitrogen and oxygen atoms in total. The van der Waals surface area contributed by atoms with E-state index in [2.05, 4.69) is 12.2 Å². The van der Waals surface area contributed by atoms with Crippen molar-refractivity contribution in [2.45, 2.75) is 52.2 Å². The largest absolute Gasteiger partial charge is 0.478 e. The van der Waals surface area contributed by atoms with E-state index in [0.717, 1.165) is 19.3 Å². The Morgan fingerprint density at radius 3 is 2.86 bits per heavy atom. The molecule has 1 saturated carbocycles. The predicted molar refractivity (Wildman–Crippen MR) is 79.6 cm³/mol. The van der Waals surface area contributed by atoms with E-state index in [0.29, 0.717) is 17.4 Å². The van der Waals surface area contributed by atoms with Crippen LogP contribution in [0.5, 0.6) is 0 Å². The van der Waals surface area contributed by atoms with Crippen molar-refractivity contribution < 1.29 is 23.8 Å². The zero-order chi connectivity index (χ0) is 16.1. The second-order valence-corrected chi connectivity index (χ2v) is 5.97. The highest BCUT2D eigenvalue weighted by Crippen LogP contribution is 2.25. The van der Waals surface area contributed by atoms with Gasteiger partial charge in [0.25, 0.3) is 0 Å². The molecular formula is C16H23NO5. The lowest BCUT2D eigenvalue weighted by Gasteiger charge is -2.26. The smallest absolute Gasteiger partial charge is 0.339 e. The summed E-state index contributed by atoms with van der Waals surface area (Å²) in [5.74, 6) is 0.166. The highest BCUT2D eigenvalue weighted by atomic mass is 16.5. The molecule has 0 radical (unpaired) electrons. The molecule has 1 aromatic heterocycles. The highest BCUT2D eigenvalue weighted by Gasteiger charge is 2.20. The number of nitrogens with one attached hydrogen (secondary N) is 1. The van der Waals surface area contributed by atoms with Crippen molar-refractivity contribution in [2.24, 2.45) is 5.92 Å². The van der Waals surface area contributed by atoms with Gasteiger partial charge in [0.05, 0.1) is 12.6 Å². The van der Waals surface area contributed by atoms with Crippen LogP contribution in [0.4, 0.5) is 0 Å². The van der Waals surface area contributed by atoms with Gasteiger partial charge < -0.3 is 19.6 Å². The number of ether oxygens (including phenoxy) is 1. The van der Waals surface area contributed by atoms with Gasteiger partial charge in [-0.2, -0.15) is 0 Å². The standard InChI is InChI=1S/C16H23NO5/c1-10-4-3-5-12(6-10)21-9-15(18)17-8-13-7-14(16(19)20)11(2)22-13/h7,10,12H,3-6,8-9H2,1-2H3,(H,17,18)(H,19,20). The lowest BCUT2D eigenvalue weighted by atomic mass is 9.89. The SMILES string of the molecule is Cc1oc(CNC(=O)COC2CCCC(C)C2)cc1C(=O)O. The summed E-state index contributed by atoms with van der Waals surface area (Å²) in [6.07, 6.45) is 4.57. The fraction of sp³-hybridized carbons (Fsp3) is 0.625. The van der Waals surface area contributed by atoms with Crippen LogP contribution in [-0.2, 0) is 16.1 Å². The molecule has 2 N–H and O–H groups in total. The number of furan rings is 1. The summed E-state index contributed by atoms with van der Waals surface area (Å²) in [6.45, 7) is 3.98. The maximum atomic E-state index is 11.8. The Morgan fingerprint density at radius 1 is 1.45 bits per heavy atom. The zero-order valence-electron chi connectivity index (χ0n) is 13.1. The topological polar surface area (TPSA) is 88.8 Å². The minimum Gasteiger partial charge on any atom is -0.478 e. The third-order valence-electron chi connectivity index (χ3n) is 4.00. The van der Waals surface area contributed by atoms with Crippen LogP contribution in [0.1, 0.15) is 54.5 Å². The first-order valence-electron chi connectivity index (χ1n) is 7.66. The lowest BCUT2D eigenvalue weighted by molar-refractivity contribution is -0.129. The summed E-state index contributed by atoms with van der Waals surface area (Å²) in [5, 5.41) is 11.6. The molecule has 0 bridgehead atoms. The number of carboxylic acid groups (broad SMARTS) is 1. The van der Waals surface area contributed by atoms with Crippen LogP contribution in [0.3, 0.4) is 0 Å². The Morgan fingerprint density at radius 2 is 2.23 bits per heavy atom. The molecule has 2 unspecified atom stereocenters. The Balaban J connectivity index is 1.73. The van der Waals surface area contributed by atoms with E-state index in [-0.39, 0.29) is 30.7 Å². The summed E-state index contributed by atoms with van der Waals surface area (Å²) < 4.78 is 10.9. The summed E-state index contributed by atoms with van der Waals surface area (Å²) in [4.78, 5) is 22.7. The number of rotatable bonds is 6. The zero-order valence-corrected chi connectivity index (χ0v) is 13.1. The highest BCUT2D eigenvalue weighted by molar-refractivity contribution is 5.88. The number of carbonyl (C=O) groups is 2. The number of amides is 1. The Hall–Kier alpha value is -1.82. The van der Waals surface area contributed by atoms with E-state index in [4.69, 9.17) is 14.3 Å². The van der Waals surface area contributed by atoms with Gasteiger partial charge in [0, 0.05) is 0 Å². The van der Waals surface area contributed by atoms with Gasteiger partial charge in [0.2, 0.25) is 5.91 Å². The van der Waals surface area contributed by atoms with Crippen LogP contribution < -0.4 is 5.32 Å². The summed E-state index contributed by atoms with van der Waals surface area (Å²) in [5.41, 5.74) is 0.122. The normalized spacial score (nSPS) is 21.5. The molecule has 1 aliphatic carbocycles. The third-order valence-corrected chi connectivity index (χ3v) is 4.00. The molecule has 0 aliphatic heterocycles. The van der Waals surface area contributed by atoms with E-state index >= 15 is 0 Å². The summed E-state index contributed by atoms with van der Waals surface area (Å²) in [6, 6.07) is 1.43. The van der Waals surface area contributed by atoms with Crippen molar-refractivity contribution in [1.82, 2.24) is 5.32 Å². The molecule has 122 valence electrons. The molecule has 1 fully saturated rings. The molecule has 0 spiro atoms. The van der Waals surface area contributed by atoms with Crippen molar-refractivity contribution in [2.75, 3.05) is 6.61 Å². The van der Waals surface area contributed by atoms with Crippen LogP contribution in [0, 0.1) is 12.8 Å². The first-order valence-corrected chi connectivity index (χ1v) is 7.66. The Labute approximate surface area is 129 Å². The van der Waals surface area contributed by atoms with E-state index in [9.17, 15) is 9.59 Å². The average molecular weight is 309 g/mol. The predicted octanol–water partition coefficient (Wildman–Crippen LogP) is 2.50. The molecular weight excluding hydrogens is 286 g/mol. The van der Waals surface area contributed by atoms with Crippen LogP contribution in [0.15, 0.2) is 10.5 Å². The van der Waals surface area contributed by atoms with Gasteiger partial charge in [0.1, 0.15) is 23.7 Å². The Bertz CT molecular complexity index is 537. The minimum absolute atomic E-state index is 0.0306. The van der Waals surface area contributed by atoms with Gasteiger partial charge in [-0.3, -0.25) is 4.79 Å². The van der Waals surface area contributed by atoms with Gasteiger partial charge in [-0.25, -0.2) is 4.79 Å². The maximum absolute atomic E-state index is 11.8. The number of hydrogen-bond acceptors (Lipinski definition) is 4. The average Bonchev–Trinajstić information content (AvgIpc) is 2.84.